The summed E-state index contributed by atoms with van der Waals surface area (Å²) in [6.45, 7) is 9.08. The van der Waals surface area contributed by atoms with Crippen LogP contribution >= 0.6 is 11.8 Å². The molecule has 2 fully saturated rings. The van der Waals surface area contributed by atoms with Crippen molar-refractivity contribution in [2.24, 2.45) is 0 Å². The summed E-state index contributed by atoms with van der Waals surface area (Å²) in [6, 6.07) is 0.857. The summed E-state index contributed by atoms with van der Waals surface area (Å²) in [5, 5.41) is 0. The summed E-state index contributed by atoms with van der Waals surface area (Å²) in [6.07, 6.45) is 6.80. The highest BCUT2D eigenvalue weighted by Gasteiger charge is 2.25. The Kier molecular flexibility index (Phi) is 5.02. The van der Waals surface area contributed by atoms with Crippen molar-refractivity contribution in [2.75, 3.05) is 37.7 Å². The Labute approximate surface area is 126 Å². The van der Waals surface area contributed by atoms with Gasteiger partial charge >= 0.3 is 0 Å². The molecular formula is C15H26N4S. The predicted octanol–water partition coefficient (Wildman–Crippen LogP) is 1.92. The minimum atomic E-state index is 0.857. The molecule has 0 unspecified atom stereocenters. The Morgan fingerprint density at radius 2 is 1.95 bits per heavy atom. The maximum absolute atomic E-state index is 4.49. The number of thioether (sulfide) groups is 1. The van der Waals surface area contributed by atoms with Crippen LogP contribution in [0.3, 0.4) is 0 Å². The van der Waals surface area contributed by atoms with E-state index in [0.29, 0.717) is 0 Å². The summed E-state index contributed by atoms with van der Waals surface area (Å²) in [7, 11) is 0. The van der Waals surface area contributed by atoms with Gasteiger partial charge in [-0.1, -0.05) is 0 Å². The molecule has 0 bridgehead atoms. The van der Waals surface area contributed by atoms with Gasteiger partial charge in [-0.2, -0.15) is 11.8 Å². The minimum Gasteiger partial charge on any atom is -0.334 e. The molecule has 1 aromatic heterocycles. The summed E-state index contributed by atoms with van der Waals surface area (Å²) < 4.78 is 2.25. The molecule has 3 rings (SSSR count). The lowest BCUT2D eigenvalue weighted by atomic mass is 10.1. The Morgan fingerprint density at radius 1 is 1.20 bits per heavy atom. The van der Waals surface area contributed by atoms with Crippen molar-refractivity contribution in [2.45, 2.75) is 38.9 Å². The summed E-state index contributed by atoms with van der Waals surface area (Å²) in [5.41, 5.74) is 0. The Bertz CT molecular complexity index is 406. The van der Waals surface area contributed by atoms with E-state index < -0.39 is 0 Å². The number of aryl methyl sites for hydroxylation is 1. The van der Waals surface area contributed by atoms with Gasteiger partial charge in [0, 0.05) is 51.2 Å². The number of hydrogen-bond acceptors (Lipinski definition) is 4. The summed E-state index contributed by atoms with van der Waals surface area (Å²) >= 11 is 2.12. The minimum absolute atomic E-state index is 0.857. The molecule has 0 saturated carbocycles. The second kappa shape index (κ2) is 6.96. The number of imidazole rings is 1. The SMILES string of the molecule is CCn1ccnc1CN1CCN(C2CCSCC2)CC1. The van der Waals surface area contributed by atoms with Crippen LogP contribution in [0.15, 0.2) is 12.4 Å². The molecule has 0 atom stereocenters. The number of piperazine rings is 1. The predicted molar refractivity (Wildman–Crippen MR) is 85.1 cm³/mol. The molecule has 20 heavy (non-hydrogen) atoms. The van der Waals surface area contributed by atoms with Crippen LogP contribution in [0.2, 0.25) is 0 Å². The van der Waals surface area contributed by atoms with Crippen LogP contribution < -0.4 is 0 Å². The first-order chi connectivity index (χ1) is 9.86. The molecule has 0 N–H and O–H groups in total. The highest BCUT2D eigenvalue weighted by Crippen LogP contribution is 2.22. The van der Waals surface area contributed by atoms with Gasteiger partial charge in [0.2, 0.25) is 0 Å². The maximum atomic E-state index is 4.49. The van der Waals surface area contributed by atoms with Crippen molar-refractivity contribution in [3.63, 3.8) is 0 Å². The van der Waals surface area contributed by atoms with E-state index in [1.165, 1.54) is 56.4 Å². The van der Waals surface area contributed by atoms with Crippen LogP contribution in [-0.2, 0) is 13.1 Å². The van der Waals surface area contributed by atoms with Crippen molar-refractivity contribution in [1.29, 1.82) is 0 Å². The number of rotatable bonds is 4. The number of hydrogen-bond donors (Lipinski definition) is 0. The standard InChI is InChI=1S/C15H26N4S/c1-2-18-6-5-16-15(18)13-17-7-9-19(10-8-17)14-3-11-20-12-4-14/h5-6,14H,2-4,7-13H2,1H3. The molecule has 2 saturated heterocycles. The lowest BCUT2D eigenvalue weighted by Gasteiger charge is -2.40. The van der Waals surface area contributed by atoms with E-state index >= 15 is 0 Å². The third-order valence-electron chi connectivity index (χ3n) is 4.62. The third kappa shape index (κ3) is 3.38. The quantitative estimate of drug-likeness (QED) is 0.847. The largest absolute Gasteiger partial charge is 0.334 e. The second-order valence-electron chi connectivity index (χ2n) is 5.79. The molecule has 2 aliphatic rings. The van der Waals surface area contributed by atoms with E-state index in [1.54, 1.807) is 0 Å². The highest BCUT2D eigenvalue weighted by molar-refractivity contribution is 7.99. The molecule has 2 aliphatic heterocycles. The Balaban J connectivity index is 1.48. The molecular weight excluding hydrogens is 268 g/mol. The van der Waals surface area contributed by atoms with Gasteiger partial charge in [0.15, 0.2) is 0 Å². The first kappa shape index (κ1) is 14.4. The number of aromatic nitrogens is 2. The van der Waals surface area contributed by atoms with Crippen molar-refractivity contribution in [3.05, 3.63) is 18.2 Å². The second-order valence-corrected chi connectivity index (χ2v) is 7.01. The topological polar surface area (TPSA) is 24.3 Å². The van der Waals surface area contributed by atoms with Gasteiger partial charge in [0.1, 0.15) is 5.82 Å². The fraction of sp³-hybridized carbons (Fsp3) is 0.800. The molecule has 5 heteroatoms. The first-order valence-corrected chi connectivity index (χ1v) is 9.06. The van der Waals surface area contributed by atoms with Gasteiger partial charge in [-0.25, -0.2) is 4.98 Å². The average molecular weight is 294 g/mol. The molecule has 0 aromatic carbocycles. The maximum Gasteiger partial charge on any atom is 0.122 e. The smallest absolute Gasteiger partial charge is 0.122 e. The molecule has 112 valence electrons. The van der Waals surface area contributed by atoms with Crippen molar-refractivity contribution in [3.8, 4) is 0 Å². The van der Waals surface area contributed by atoms with E-state index in [1.807, 2.05) is 6.20 Å². The summed E-state index contributed by atoms with van der Waals surface area (Å²) in [4.78, 5) is 9.78. The molecule has 0 amide bonds. The van der Waals surface area contributed by atoms with Gasteiger partial charge in [0.05, 0.1) is 6.54 Å². The van der Waals surface area contributed by atoms with E-state index in [9.17, 15) is 0 Å². The van der Waals surface area contributed by atoms with Crippen LogP contribution in [0.4, 0.5) is 0 Å². The zero-order valence-corrected chi connectivity index (χ0v) is 13.3. The lowest BCUT2D eigenvalue weighted by Crippen LogP contribution is -2.50. The average Bonchev–Trinajstić information content (AvgIpc) is 2.96. The Hall–Kier alpha value is -0.520. The van der Waals surface area contributed by atoms with Crippen LogP contribution in [0, 0.1) is 0 Å². The molecule has 3 heterocycles. The fourth-order valence-corrected chi connectivity index (χ4v) is 4.40. The first-order valence-electron chi connectivity index (χ1n) is 7.91. The van der Waals surface area contributed by atoms with E-state index in [0.717, 1.165) is 19.1 Å². The van der Waals surface area contributed by atoms with Crippen molar-refractivity contribution < 1.29 is 0 Å². The monoisotopic (exact) mass is 294 g/mol. The zero-order chi connectivity index (χ0) is 13.8. The lowest BCUT2D eigenvalue weighted by molar-refractivity contribution is 0.0859. The highest BCUT2D eigenvalue weighted by atomic mass is 32.2. The van der Waals surface area contributed by atoms with Crippen molar-refractivity contribution in [1.82, 2.24) is 19.4 Å². The van der Waals surface area contributed by atoms with Crippen LogP contribution in [0.25, 0.3) is 0 Å². The van der Waals surface area contributed by atoms with Crippen LogP contribution in [-0.4, -0.2) is 63.1 Å². The van der Waals surface area contributed by atoms with Gasteiger partial charge in [-0.3, -0.25) is 9.80 Å². The van der Waals surface area contributed by atoms with E-state index in [4.69, 9.17) is 0 Å². The normalized spacial score (nSPS) is 23.2. The van der Waals surface area contributed by atoms with Gasteiger partial charge in [-0.05, 0) is 31.3 Å². The Morgan fingerprint density at radius 3 is 2.65 bits per heavy atom. The fourth-order valence-electron chi connectivity index (χ4n) is 3.32. The summed E-state index contributed by atoms with van der Waals surface area (Å²) in [5.74, 6) is 3.94. The zero-order valence-electron chi connectivity index (χ0n) is 12.5. The number of nitrogens with zero attached hydrogens (tertiary/aromatic N) is 4. The van der Waals surface area contributed by atoms with Crippen LogP contribution in [0.1, 0.15) is 25.6 Å². The molecule has 4 nitrogen and oxygen atoms in total. The van der Waals surface area contributed by atoms with Crippen LogP contribution in [0.5, 0.6) is 0 Å². The van der Waals surface area contributed by atoms with Gasteiger partial charge < -0.3 is 4.57 Å². The van der Waals surface area contributed by atoms with Crippen molar-refractivity contribution >= 4 is 11.8 Å². The molecule has 0 spiro atoms. The van der Waals surface area contributed by atoms with E-state index in [-0.39, 0.29) is 0 Å². The van der Waals surface area contributed by atoms with E-state index in [2.05, 4.69) is 44.2 Å². The molecule has 0 aliphatic carbocycles. The van der Waals surface area contributed by atoms with Gasteiger partial charge in [0.25, 0.3) is 0 Å². The van der Waals surface area contributed by atoms with Gasteiger partial charge in [-0.15, -0.1) is 0 Å². The molecule has 0 radical (unpaired) electrons. The molecule has 1 aromatic rings. The third-order valence-corrected chi connectivity index (χ3v) is 5.67.